The third-order valence-corrected chi connectivity index (χ3v) is 1.85. The maximum Gasteiger partial charge on any atom is 0.406 e. The number of carbonyl (C=O) groups is 1. The van der Waals surface area contributed by atoms with Crippen molar-refractivity contribution in [3.05, 3.63) is 0 Å². The SMILES string of the molecule is CCC(C)(C)CNC(=O)OC. The lowest BCUT2D eigenvalue weighted by atomic mass is 9.90. The molecule has 0 aromatic carbocycles. The summed E-state index contributed by atoms with van der Waals surface area (Å²) in [6, 6.07) is 0. The molecular weight excluding hydrogens is 142 g/mol. The highest BCUT2D eigenvalue weighted by Crippen LogP contribution is 2.17. The first-order valence-corrected chi connectivity index (χ1v) is 3.83. The van der Waals surface area contributed by atoms with Crippen LogP contribution in [0.25, 0.3) is 0 Å². The summed E-state index contributed by atoms with van der Waals surface area (Å²) in [5.41, 5.74) is 0.161. The van der Waals surface area contributed by atoms with Gasteiger partial charge in [0.25, 0.3) is 0 Å². The van der Waals surface area contributed by atoms with Gasteiger partial charge in [0.15, 0.2) is 0 Å². The summed E-state index contributed by atoms with van der Waals surface area (Å²) in [4.78, 5) is 10.6. The van der Waals surface area contributed by atoms with E-state index in [0.717, 1.165) is 6.42 Å². The second-order valence-electron chi connectivity index (χ2n) is 3.36. The van der Waals surface area contributed by atoms with Crippen molar-refractivity contribution in [1.82, 2.24) is 5.32 Å². The zero-order valence-electron chi connectivity index (χ0n) is 7.73. The van der Waals surface area contributed by atoms with Crippen molar-refractivity contribution in [3.63, 3.8) is 0 Å². The maximum absolute atomic E-state index is 10.6. The van der Waals surface area contributed by atoms with Gasteiger partial charge in [-0.1, -0.05) is 20.8 Å². The van der Waals surface area contributed by atoms with Crippen molar-refractivity contribution in [2.75, 3.05) is 13.7 Å². The van der Waals surface area contributed by atoms with Crippen LogP contribution in [0.1, 0.15) is 27.2 Å². The van der Waals surface area contributed by atoms with Gasteiger partial charge in [0.1, 0.15) is 0 Å². The summed E-state index contributed by atoms with van der Waals surface area (Å²) < 4.78 is 4.44. The van der Waals surface area contributed by atoms with Crippen LogP contribution in [0.4, 0.5) is 4.79 Å². The fourth-order valence-corrected chi connectivity index (χ4v) is 0.509. The Hall–Kier alpha value is -0.730. The van der Waals surface area contributed by atoms with Gasteiger partial charge < -0.3 is 10.1 Å². The smallest absolute Gasteiger partial charge is 0.406 e. The van der Waals surface area contributed by atoms with Gasteiger partial charge >= 0.3 is 6.09 Å². The van der Waals surface area contributed by atoms with E-state index >= 15 is 0 Å². The maximum atomic E-state index is 10.6. The van der Waals surface area contributed by atoms with Gasteiger partial charge in [0.05, 0.1) is 7.11 Å². The quantitative estimate of drug-likeness (QED) is 0.681. The molecule has 0 heterocycles. The fourth-order valence-electron chi connectivity index (χ4n) is 0.509. The molecule has 0 radical (unpaired) electrons. The molecule has 0 aliphatic heterocycles. The van der Waals surface area contributed by atoms with Crippen molar-refractivity contribution >= 4 is 6.09 Å². The molecule has 0 aromatic rings. The van der Waals surface area contributed by atoms with E-state index in [4.69, 9.17) is 0 Å². The average molecular weight is 159 g/mol. The molecule has 0 saturated heterocycles. The van der Waals surface area contributed by atoms with Gasteiger partial charge in [0, 0.05) is 6.54 Å². The lowest BCUT2D eigenvalue weighted by molar-refractivity contribution is 0.165. The molecule has 0 fully saturated rings. The zero-order valence-corrected chi connectivity index (χ0v) is 7.73. The number of carbonyl (C=O) groups excluding carboxylic acids is 1. The Morgan fingerprint density at radius 1 is 1.55 bits per heavy atom. The molecule has 0 saturated carbocycles. The van der Waals surface area contributed by atoms with Crippen LogP contribution in [-0.4, -0.2) is 19.7 Å². The molecule has 0 unspecified atom stereocenters. The monoisotopic (exact) mass is 159 g/mol. The molecule has 0 rings (SSSR count). The highest BCUT2D eigenvalue weighted by atomic mass is 16.5. The molecule has 0 bridgehead atoms. The minimum Gasteiger partial charge on any atom is -0.453 e. The lowest BCUT2D eigenvalue weighted by Crippen LogP contribution is -2.33. The van der Waals surface area contributed by atoms with Crippen LogP contribution in [-0.2, 0) is 4.74 Å². The van der Waals surface area contributed by atoms with E-state index < -0.39 is 0 Å². The Morgan fingerprint density at radius 3 is 2.45 bits per heavy atom. The summed E-state index contributed by atoms with van der Waals surface area (Å²) in [6.45, 7) is 6.96. The predicted molar refractivity (Wildman–Crippen MR) is 44.5 cm³/mol. The predicted octanol–water partition coefficient (Wildman–Crippen LogP) is 1.78. The first kappa shape index (κ1) is 10.3. The largest absolute Gasteiger partial charge is 0.453 e. The summed E-state index contributed by atoms with van der Waals surface area (Å²) in [5.74, 6) is 0. The van der Waals surface area contributed by atoms with Gasteiger partial charge in [-0.15, -0.1) is 0 Å². The number of amides is 1. The topological polar surface area (TPSA) is 38.3 Å². The summed E-state index contributed by atoms with van der Waals surface area (Å²) >= 11 is 0. The standard InChI is InChI=1S/C8H17NO2/c1-5-8(2,3)6-9-7(10)11-4/h5-6H2,1-4H3,(H,9,10). The van der Waals surface area contributed by atoms with Crippen LogP contribution in [0.3, 0.4) is 0 Å². The molecular formula is C8H17NO2. The lowest BCUT2D eigenvalue weighted by Gasteiger charge is -2.22. The van der Waals surface area contributed by atoms with Gasteiger partial charge in [-0.3, -0.25) is 0 Å². The molecule has 0 aromatic heterocycles. The van der Waals surface area contributed by atoms with E-state index in [9.17, 15) is 4.79 Å². The van der Waals surface area contributed by atoms with E-state index in [2.05, 4.69) is 30.8 Å². The first-order chi connectivity index (χ1) is 5.02. The number of alkyl carbamates (subject to hydrolysis) is 1. The van der Waals surface area contributed by atoms with Crippen molar-refractivity contribution in [3.8, 4) is 0 Å². The summed E-state index contributed by atoms with van der Waals surface area (Å²) in [7, 11) is 1.37. The number of ether oxygens (including phenoxy) is 1. The number of hydrogen-bond donors (Lipinski definition) is 1. The van der Waals surface area contributed by atoms with Crippen LogP contribution in [0.5, 0.6) is 0 Å². The number of methoxy groups -OCH3 is 1. The van der Waals surface area contributed by atoms with Gasteiger partial charge in [-0.2, -0.15) is 0 Å². The summed E-state index contributed by atoms with van der Waals surface area (Å²) in [6.07, 6.45) is 0.684. The van der Waals surface area contributed by atoms with Crippen LogP contribution < -0.4 is 5.32 Å². The minimum atomic E-state index is -0.355. The fraction of sp³-hybridized carbons (Fsp3) is 0.875. The van der Waals surface area contributed by atoms with Gasteiger partial charge in [-0.25, -0.2) is 4.79 Å². The zero-order chi connectivity index (χ0) is 8.91. The molecule has 0 aliphatic rings. The number of nitrogens with one attached hydrogen (secondary N) is 1. The van der Waals surface area contributed by atoms with Crippen LogP contribution in [0.2, 0.25) is 0 Å². The van der Waals surface area contributed by atoms with E-state index in [1.54, 1.807) is 0 Å². The van der Waals surface area contributed by atoms with Crippen molar-refractivity contribution < 1.29 is 9.53 Å². The molecule has 3 nitrogen and oxygen atoms in total. The Labute approximate surface area is 68.1 Å². The minimum absolute atomic E-state index is 0.161. The molecule has 11 heavy (non-hydrogen) atoms. The number of rotatable bonds is 3. The van der Waals surface area contributed by atoms with E-state index in [1.165, 1.54) is 7.11 Å². The highest BCUT2D eigenvalue weighted by molar-refractivity contribution is 5.66. The van der Waals surface area contributed by atoms with E-state index in [1.807, 2.05) is 0 Å². The Kier molecular flexibility index (Phi) is 3.93. The first-order valence-electron chi connectivity index (χ1n) is 3.83. The van der Waals surface area contributed by atoms with Crippen molar-refractivity contribution in [2.45, 2.75) is 27.2 Å². The number of hydrogen-bond acceptors (Lipinski definition) is 2. The van der Waals surface area contributed by atoms with Crippen LogP contribution in [0.15, 0.2) is 0 Å². The van der Waals surface area contributed by atoms with Crippen molar-refractivity contribution in [1.29, 1.82) is 0 Å². The Morgan fingerprint density at radius 2 is 2.09 bits per heavy atom. The third-order valence-electron chi connectivity index (χ3n) is 1.85. The van der Waals surface area contributed by atoms with Crippen molar-refractivity contribution in [2.24, 2.45) is 5.41 Å². The Bertz CT molecular complexity index is 132. The summed E-state index contributed by atoms with van der Waals surface area (Å²) in [5, 5.41) is 2.66. The molecule has 0 aliphatic carbocycles. The molecule has 0 atom stereocenters. The van der Waals surface area contributed by atoms with Gasteiger partial charge in [0.2, 0.25) is 0 Å². The van der Waals surface area contributed by atoms with Crippen LogP contribution >= 0.6 is 0 Å². The van der Waals surface area contributed by atoms with Crippen LogP contribution in [0, 0.1) is 5.41 Å². The average Bonchev–Trinajstić information content (AvgIpc) is 2.00. The van der Waals surface area contributed by atoms with Gasteiger partial charge in [-0.05, 0) is 11.8 Å². The normalized spacial score (nSPS) is 10.9. The molecule has 3 heteroatoms. The Balaban J connectivity index is 3.61. The highest BCUT2D eigenvalue weighted by Gasteiger charge is 2.15. The molecule has 0 spiro atoms. The second kappa shape index (κ2) is 4.21. The molecule has 1 N–H and O–H groups in total. The molecule has 1 amide bonds. The molecule has 66 valence electrons. The van der Waals surface area contributed by atoms with E-state index in [-0.39, 0.29) is 11.5 Å². The van der Waals surface area contributed by atoms with E-state index in [0.29, 0.717) is 6.54 Å². The second-order valence-corrected chi connectivity index (χ2v) is 3.36. The third kappa shape index (κ3) is 4.65.